The van der Waals surface area contributed by atoms with Crippen molar-refractivity contribution in [3.05, 3.63) is 20.8 Å². The molecule has 1 rings (SSSR count). The molecule has 0 radical (unpaired) electrons. The summed E-state index contributed by atoms with van der Waals surface area (Å²) in [5.74, 6) is 0. The molecule has 0 aromatic carbocycles. The summed E-state index contributed by atoms with van der Waals surface area (Å²) in [4.78, 5) is 0.860. The Bertz CT molecular complexity index is 450. The van der Waals surface area contributed by atoms with Gasteiger partial charge in [0.2, 0.25) is 0 Å². The van der Waals surface area contributed by atoms with Crippen LogP contribution in [-0.2, 0) is 9.84 Å². The molecule has 15 heavy (non-hydrogen) atoms. The molecule has 0 fully saturated rings. The molecular weight excluding hydrogens is 320 g/mol. The number of thiophene rings is 1. The van der Waals surface area contributed by atoms with E-state index in [2.05, 4.69) is 15.9 Å². The quantitative estimate of drug-likeness (QED) is 0.793. The van der Waals surface area contributed by atoms with Crippen molar-refractivity contribution < 1.29 is 8.42 Å². The Balaban J connectivity index is 3.10. The summed E-state index contributed by atoms with van der Waals surface area (Å²) in [6.45, 7) is 3.29. The van der Waals surface area contributed by atoms with Crippen molar-refractivity contribution in [2.75, 3.05) is 6.26 Å². The fourth-order valence-electron chi connectivity index (χ4n) is 0.995. The van der Waals surface area contributed by atoms with Crippen LogP contribution in [0.3, 0.4) is 0 Å². The number of hydrogen-bond donors (Lipinski definition) is 0. The van der Waals surface area contributed by atoms with Crippen LogP contribution in [0.1, 0.15) is 24.1 Å². The van der Waals surface area contributed by atoms with Crippen LogP contribution >= 0.6 is 38.9 Å². The van der Waals surface area contributed by atoms with E-state index in [0.29, 0.717) is 0 Å². The van der Waals surface area contributed by atoms with Crippen LogP contribution in [0.15, 0.2) is 15.9 Å². The van der Waals surface area contributed by atoms with Crippen molar-refractivity contribution >= 4 is 48.7 Å². The summed E-state index contributed by atoms with van der Waals surface area (Å²) >= 11 is 11.0. The molecule has 1 heterocycles. The second-order valence-electron chi connectivity index (χ2n) is 3.88. The molecule has 0 saturated carbocycles. The maximum Gasteiger partial charge on any atom is 0.154 e. The molecule has 0 spiro atoms. The van der Waals surface area contributed by atoms with Crippen molar-refractivity contribution in [2.24, 2.45) is 0 Å². The summed E-state index contributed by atoms with van der Waals surface area (Å²) < 4.78 is 23.2. The molecule has 0 N–H and O–H groups in total. The molecule has 1 atom stereocenters. The fraction of sp³-hybridized carbons (Fsp3) is 0.556. The molecule has 6 heteroatoms. The lowest BCUT2D eigenvalue weighted by Gasteiger charge is -2.27. The van der Waals surface area contributed by atoms with Gasteiger partial charge in [-0.1, -0.05) is 0 Å². The first kappa shape index (κ1) is 13.5. The molecule has 2 nitrogen and oxygen atoms in total. The Hall–Kier alpha value is 0.420. The zero-order valence-corrected chi connectivity index (χ0v) is 12.6. The van der Waals surface area contributed by atoms with Crippen LogP contribution in [0.25, 0.3) is 0 Å². The van der Waals surface area contributed by atoms with Crippen molar-refractivity contribution in [3.8, 4) is 0 Å². The summed E-state index contributed by atoms with van der Waals surface area (Å²) in [6.07, 6.45) is 1.21. The Morgan fingerprint density at radius 3 is 2.33 bits per heavy atom. The summed E-state index contributed by atoms with van der Waals surface area (Å²) in [5.41, 5.74) is 0. The Kier molecular flexibility index (Phi) is 3.92. The fourth-order valence-corrected chi connectivity index (χ4v) is 3.85. The molecule has 0 bridgehead atoms. The first-order chi connectivity index (χ1) is 6.66. The van der Waals surface area contributed by atoms with Gasteiger partial charge in [-0.05, 0) is 41.9 Å². The number of rotatable bonds is 3. The molecule has 0 aliphatic rings. The highest BCUT2D eigenvalue weighted by Crippen LogP contribution is 2.41. The van der Waals surface area contributed by atoms with Gasteiger partial charge in [0.15, 0.2) is 9.84 Å². The first-order valence-electron chi connectivity index (χ1n) is 4.25. The van der Waals surface area contributed by atoms with Crippen LogP contribution in [0.5, 0.6) is 0 Å². The number of halogens is 2. The normalized spacial score (nSPS) is 15.3. The van der Waals surface area contributed by atoms with Gasteiger partial charge in [-0.2, -0.15) is 0 Å². The van der Waals surface area contributed by atoms with Crippen molar-refractivity contribution in [1.82, 2.24) is 0 Å². The third kappa shape index (κ3) is 2.75. The average molecular weight is 332 g/mol. The minimum absolute atomic E-state index is 0.524. The highest BCUT2D eigenvalue weighted by Gasteiger charge is 2.39. The second kappa shape index (κ2) is 4.35. The van der Waals surface area contributed by atoms with E-state index in [4.69, 9.17) is 11.6 Å². The predicted molar refractivity (Wildman–Crippen MR) is 69.5 cm³/mol. The van der Waals surface area contributed by atoms with Gasteiger partial charge in [-0.15, -0.1) is 22.9 Å². The third-order valence-electron chi connectivity index (χ3n) is 2.41. The molecule has 1 aromatic rings. The van der Waals surface area contributed by atoms with Crippen molar-refractivity contribution in [2.45, 2.75) is 24.0 Å². The van der Waals surface area contributed by atoms with Gasteiger partial charge in [0, 0.05) is 11.1 Å². The van der Waals surface area contributed by atoms with Gasteiger partial charge >= 0.3 is 0 Å². The van der Waals surface area contributed by atoms with Gasteiger partial charge < -0.3 is 0 Å². The molecule has 0 aliphatic heterocycles. The largest absolute Gasteiger partial charge is 0.229 e. The van der Waals surface area contributed by atoms with E-state index in [0.717, 1.165) is 8.66 Å². The van der Waals surface area contributed by atoms with E-state index in [1.807, 2.05) is 12.1 Å². The minimum Gasteiger partial charge on any atom is -0.229 e. The van der Waals surface area contributed by atoms with Crippen LogP contribution in [0, 0.1) is 0 Å². The molecule has 0 amide bonds. The Morgan fingerprint density at radius 2 is 2.00 bits per heavy atom. The van der Waals surface area contributed by atoms with Gasteiger partial charge in [-0.3, -0.25) is 0 Å². The molecular formula is C9H12BrClO2S2. The molecule has 1 aromatic heterocycles. The van der Waals surface area contributed by atoms with Crippen LogP contribution in [0.4, 0.5) is 0 Å². The van der Waals surface area contributed by atoms with E-state index in [-0.39, 0.29) is 0 Å². The van der Waals surface area contributed by atoms with Gasteiger partial charge in [0.25, 0.3) is 0 Å². The summed E-state index contributed by atoms with van der Waals surface area (Å²) in [6, 6.07) is 3.72. The SMILES string of the molecule is CC(C)(C(Cl)c1ccc(Br)s1)S(C)(=O)=O. The smallest absolute Gasteiger partial charge is 0.154 e. The first-order valence-corrected chi connectivity index (χ1v) is 8.19. The highest BCUT2D eigenvalue weighted by atomic mass is 79.9. The van der Waals surface area contributed by atoms with E-state index in [9.17, 15) is 8.42 Å². The van der Waals surface area contributed by atoms with E-state index >= 15 is 0 Å². The lowest BCUT2D eigenvalue weighted by atomic mass is 10.1. The average Bonchev–Trinajstić information content (AvgIpc) is 2.48. The van der Waals surface area contributed by atoms with E-state index in [1.165, 1.54) is 17.6 Å². The topological polar surface area (TPSA) is 34.1 Å². The standard InChI is InChI=1S/C9H12BrClO2S2/c1-9(2,15(3,12)13)8(11)6-4-5-7(10)14-6/h4-5,8H,1-3H3. The predicted octanol–water partition coefficient (Wildman–Crippen LogP) is 3.61. The van der Waals surface area contributed by atoms with E-state index < -0.39 is 20.0 Å². The Labute approximate surface area is 108 Å². The van der Waals surface area contributed by atoms with Gasteiger partial charge in [0.1, 0.15) is 0 Å². The van der Waals surface area contributed by atoms with Gasteiger partial charge in [-0.25, -0.2) is 8.42 Å². The Morgan fingerprint density at radius 1 is 1.47 bits per heavy atom. The number of alkyl halides is 1. The molecule has 86 valence electrons. The zero-order chi connectivity index (χ0) is 11.9. The van der Waals surface area contributed by atoms with Crippen LogP contribution in [-0.4, -0.2) is 19.4 Å². The number of sulfone groups is 1. The molecule has 1 unspecified atom stereocenters. The summed E-state index contributed by atoms with van der Waals surface area (Å²) in [5, 5.41) is -0.524. The third-order valence-corrected chi connectivity index (χ3v) is 7.28. The van der Waals surface area contributed by atoms with Crippen LogP contribution in [0.2, 0.25) is 0 Å². The van der Waals surface area contributed by atoms with E-state index in [1.54, 1.807) is 13.8 Å². The van der Waals surface area contributed by atoms with Crippen LogP contribution < -0.4 is 0 Å². The highest BCUT2D eigenvalue weighted by molar-refractivity contribution is 9.11. The lowest BCUT2D eigenvalue weighted by Crippen LogP contribution is -2.35. The van der Waals surface area contributed by atoms with Gasteiger partial charge in [0.05, 0.1) is 13.9 Å². The summed E-state index contributed by atoms with van der Waals surface area (Å²) in [7, 11) is -3.18. The monoisotopic (exact) mass is 330 g/mol. The van der Waals surface area contributed by atoms with Crippen molar-refractivity contribution in [1.29, 1.82) is 0 Å². The lowest BCUT2D eigenvalue weighted by molar-refractivity contribution is 0.545. The maximum absolute atomic E-state index is 11.6. The second-order valence-corrected chi connectivity index (χ2v) is 9.41. The molecule has 0 aliphatic carbocycles. The van der Waals surface area contributed by atoms with Crippen molar-refractivity contribution in [3.63, 3.8) is 0 Å². The minimum atomic E-state index is -3.18. The molecule has 0 saturated heterocycles. The number of hydrogen-bond acceptors (Lipinski definition) is 3. The maximum atomic E-state index is 11.6. The zero-order valence-electron chi connectivity index (χ0n) is 8.62.